The summed E-state index contributed by atoms with van der Waals surface area (Å²) in [6.07, 6.45) is 8.98. The monoisotopic (exact) mass is 261 g/mol. The van der Waals surface area contributed by atoms with Gasteiger partial charge in [-0.05, 0) is 56.3 Å². The van der Waals surface area contributed by atoms with E-state index in [1.165, 1.54) is 19.3 Å². The van der Waals surface area contributed by atoms with E-state index in [1.807, 2.05) is 4.90 Å². The van der Waals surface area contributed by atoms with Crippen molar-refractivity contribution in [2.45, 2.75) is 50.5 Å². The van der Waals surface area contributed by atoms with Crippen LogP contribution in [0.1, 0.15) is 44.9 Å². The van der Waals surface area contributed by atoms with E-state index < -0.39 is 5.97 Å². The number of carboxylic acids is 1. The zero-order chi connectivity index (χ0) is 13.2. The number of carbonyl (C=O) groups is 2. The molecule has 0 unspecified atom stereocenters. The van der Waals surface area contributed by atoms with Crippen LogP contribution >= 0.6 is 0 Å². The summed E-state index contributed by atoms with van der Waals surface area (Å²) in [6, 6.07) is 0. The number of rotatable bonds is 2. The normalized spacial score (nSPS) is 43.8. The number of nitrogens with zero attached hydrogens (tertiary/aromatic N) is 1. The summed E-state index contributed by atoms with van der Waals surface area (Å²) in [7, 11) is 0. The maximum Gasteiger partial charge on any atom is 0.333 e. The number of aliphatic carboxylic acids is 1. The van der Waals surface area contributed by atoms with Gasteiger partial charge < -0.3 is 10.0 Å². The second-order valence-electron chi connectivity index (χ2n) is 7.04. The molecule has 0 radical (unpaired) electrons. The Kier molecular flexibility index (Phi) is 2.19. The molecule has 4 nitrogen and oxygen atoms in total. The summed E-state index contributed by atoms with van der Waals surface area (Å²) in [4.78, 5) is 25.1. The molecule has 4 bridgehead atoms. The average molecular weight is 261 g/mol. The third-order valence-corrected chi connectivity index (χ3v) is 5.69. The van der Waals surface area contributed by atoms with Crippen LogP contribution in [0.5, 0.6) is 0 Å². The minimum atomic E-state index is -0.944. The second kappa shape index (κ2) is 3.62. The zero-order valence-corrected chi connectivity index (χ0v) is 11.0. The molecule has 0 aromatic heterocycles. The van der Waals surface area contributed by atoms with Crippen LogP contribution in [0, 0.1) is 17.8 Å². The minimum Gasteiger partial charge on any atom is -0.478 e. The summed E-state index contributed by atoms with van der Waals surface area (Å²) >= 11 is 0. The van der Waals surface area contributed by atoms with Crippen LogP contribution in [0.3, 0.4) is 0 Å². The number of amides is 1. The van der Waals surface area contributed by atoms with Gasteiger partial charge in [0.25, 0.3) is 0 Å². The first-order valence-electron chi connectivity index (χ1n) is 7.32. The van der Waals surface area contributed by atoms with Crippen LogP contribution in [0.2, 0.25) is 0 Å². The molecular formula is C15H19NO3. The number of carbonyl (C=O) groups excluding carboxylic acids is 1. The summed E-state index contributed by atoms with van der Waals surface area (Å²) in [5.41, 5.74) is 0.226. The fraction of sp³-hybridized carbons (Fsp3) is 0.733. The molecule has 1 heterocycles. The van der Waals surface area contributed by atoms with E-state index in [-0.39, 0.29) is 23.4 Å². The lowest BCUT2D eigenvalue weighted by molar-refractivity contribution is -0.142. The first kappa shape index (κ1) is 11.5. The molecule has 0 aromatic carbocycles. The second-order valence-corrected chi connectivity index (χ2v) is 7.04. The summed E-state index contributed by atoms with van der Waals surface area (Å²) in [6.45, 7) is 0. The zero-order valence-electron chi connectivity index (χ0n) is 11.0. The average Bonchev–Trinajstić information content (AvgIpc) is 2.70. The predicted molar refractivity (Wildman–Crippen MR) is 68.1 cm³/mol. The molecule has 4 fully saturated rings. The van der Waals surface area contributed by atoms with E-state index in [4.69, 9.17) is 5.11 Å². The Morgan fingerprint density at radius 1 is 1.16 bits per heavy atom. The van der Waals surface area contributed by atoms with Crippen molar-refractivity contribution >= 4 is 11.9 Å². The lowest BCUT2D eigenvalue weighted by Crippen LogP contribution is -2.59. The molecule has 1 aliphatic heterocycles. The van der Waals surface area contributed by atoms with Crippen LogP contribution in [-0.2, 0) is 9.59 Å². The third-order valence-electron chi connectivity index (χ3n) is 5.69. The molecule has 5 rings (SSSR count). The Morgan fingerprint density at radius 2 is 1.68 bits per heavy atom. The quantitative estimate of drug-likeness (QED) is 0.828. The smallest absolute Gasteiger partial charge is 0.333 e. The maximum absolute atomic E-state index is 12.2. The summed E-state index contributed by atoms with van der Waals surface area (Å²) in [5.74, 6) is 1.35. The van der Waals surface area contributed by atoms with Gasteiger partial charge in [0.05, 0.1) is 12.0 Å². The Hall–Kier alpha value is -1.32. The van der Waals surface area contributed by atoms with Gasteiger partial charge in [0.2, 0.25) is 5.91 Å². The minimum absolute atomic E-state index is 0.000602. The van der Waals surface area contributed by atoms with E-state index in [0.717, 1.165) is 37.0 Å². The molecule has 1 N–H and O–H groups in total. The van der Waals surface area contributed by atoms with Gasteiger partial charge in [-0.15, -0.1) is 0 Å². The standard InChI is InChI=1S/C15H19NO3/c17-13-4-12(14(18)19)8-16(13)15-5-9-1-10(6-15)3-11(2-9)7-15/h8-11H,1-7H2,(H,18,19). The molecule has 0 atom stereocenters. The van der Waals surface area contributed by atoms with E-state index in [0.29, 0.717) is 0 Å². The fourth-order valence-electron chi connectivity index (χ4n) is 5.41. The van der Waals surface area contributed by atoms with Crippen molar-refractivity contribution in [3.63, 3.8) is 0 Å². The van der Waals surface area contributed by atoms with Crippen molar-refractivity contribution in [1.29, 1.82) is 0 Å². The third kappa shape index (κ3) is 1.58. The van der Waals surface area contributed by atoms with Crippen molar-refractivity contribution in [2.75, 3.05) is 0 Å². The summed E-state index contributed by atoms with van der Waals surface area (Å²) in [5, 5.41) is 9.08. The Labute approximate surface area is 112 Å². The molecule has 1 amide bonds. The lowest BCUT2D eigenvalue weighted by atomic mass is 9.52. The molecular weight excluding hydrogens is 242 g/mol. The van der Waals surface area contributed by atoms with E-state index >= 15 is 0 Å². The first-order chi connectivity index (χ1) is 9.06. The van der Waals surface area contributed by atoms with Gasteiger partial charge >= 0.3 is 5.97 Å². The molecule has 0 aromatic rings. The van der Waals surface area contributed by atoms with Crippen molar-refractivity contribution in [3.05, 3.63) is 11.8 Å². The fourth-order valence-corrected chi connectivity index (χ4v) is 5.41. The van der Waals surface area contributed by atoms with Gasteiger partial charge in [0.1, 0.15) is 0 Å². The molecule has 19 heavy (non-hydrogen) atoms. The highest BCUT2D eigenvalue weighted by molar-refractivity contribution is 5.98. The molecule has 0 saturated heterocycles. The number of hydrogen-bond donors (Lipinski definition) is 1. The van der Waals surface area contributed by atoms with Gasteiger partial charge in [0.15, 0.2) is 0 Å². The van der Waals surface area contributed by atoms with Gasteiger partial charge in [-0.25, -0.2) is 4.79 Å². The number of hydrogen-bond acceptors (Lipinski definition) is 2. The van der Waals surface area contributed by atoms with Gasteiger partial charge in [-0.2, -0.15) is 0 Å². The van der Waals surface area contributed by atoms with Crippen LogP contribution < -0.4 is 0 Å². The van der Waals surface area contributed by atoms with Crippen molar-refractivity contribution in [3.8, 4) is 0 Å². The van der Waals surface area contributed by atoms with Gasteiger partial charge in [0, 0.05) is 11.7 Å². The SMILES string of the molecule is O=C(O)C1=CN(C23CC4CC(CC(C4)C2)C3)C(=O)C1. The topological polar surface area (TPSA) is 57.6 Å². The van der Waals surface area contributed by atoms with Crippen LogP contribution in [0.25, 0.3) is 0 Å². The lowest BCUT2D eigenvalue weighted by Gasteiger charge is -2.59. The first-order valence-corrected chi connectivity index (χ1v) is 7.32. The van der Waals surface area contributed by atoms with Crippen LogP contribution in [0.15, 0.2) is 11.8 Å². The van der Waals surface area contributed by atoms with Gasteiger partial charge in [-0.1, -0.05) is 0 Å². The van der Waals surface area contributed by atoms with Crippen molar-refractivity contribution in [1.82, 2.24) is 4.90 Å². The Bertz CT molecular complexity index is 458. The largest absolute Gasteiger partial charge is 0.478 e. The van der Waals surface area contributed by atoms with E-state index in [9.17, 15) is 9.59 Å². The maximum atomic E-state index is 12.2. The Morgan fingerprint density at radius 3 is 2.11 bits per heavy atom. The highest BCUT2D eigenvalue weighted by Crippen LogP contribution is 2.58. The Balaban J connectivity index is 1.68. The molecule has 4 saturated carbocycles. The molecule has 4 heteroatoms. The molecule has 5 aliphatic rings. The van der Waals surface area contributed by atoms with Crippen molar-refractivity contribution in [2.24, 2.45) is 17.8 Å². The highest BCUT2D eigenvalue weighted by atomic mass is 16.4. The summed E-state index contributed by atoms with van der Waals surface area (Å²) < 4.78 is 0. The number of carboxylic acid groups (broad SMARTS) is 1. The predicted octanol–water partition coefficient (Wildman–Crippen LogP) is 2.16. The van der Waals surface area contributed by atoms with E-state index in [2.05, 4.69) is 0 Å². The van der Waals surface area contributed by atoms with Gasteiger partial charge in [-0.3, -0.25) is 4.79 Å². The molecule has 0 spiro atoms. The van der Waals surface area contributed by atoms with E-state index in [1.54, 1.807) is 6.20 Å². The van der Waals surface area contributed by atoms with Crippen LogP contribution in [0.4, 0.5) is 0 Å². The van der Waals surface area contributed by atoms with Crippen molar-refractivity contribution < 1.29 is 14.7 Å². The highest BCUT2D eigenvalue weighted by Gasteiger charge is 2.55. The van der Waals surface area contributed by atoms with Crippen LogP contribution in [-0.4, -0.2) is 27.4 Å². The molecule has 102 valence electrons. The molecule has 4 aliphatic carbocycles.